The maximum atomic E-state index is 12.5. The first kappa shape index (κ1) is 12.9. The van der Waals surface area contributed by atoms with Gasteiger partial charge in [-0.05, 0) is 16.8 Å². The van der Waals surface area contributed by atoms with Crippen molar-refractivity contribution >= 4 is 22.5 Å². The summed E-state index contributed by atoms with van der Waals surface area (Å²) in [6, 6.07) is 15.2. The molecule has 0 aliphatic heterocycles. The highest BCUT2D eigenvalue weighted by molar-refractivity contribution is 6.12. The molecule has 0 saturated heterocycles. The van der Waals surface area contributed by atoms with Crippen molar-refractivity contribution < 1.29 is 4.79 Å². The Morgan fingerprint density at radius 3 is 2.81 bits per heavy atom. The molecular formula is C16H12N4O. The first-order valence-corrected chi connectivity index (χ1v) is 6.42. The van der Waals surface area contributed by atoms with Crippen LogP contribution in [-0.4, -0.2) is 15.7 Å². The summed E-state index contributed by atoms with van der Waals surface area (Å²) in [5.74, 6) is 0.141. The van der Waals surface area contributed by atoms with Gasteiger partial charge in [0.05, 0.1) is 6.20 Å². The van der Waals surface area contributed by atoms with Crippen LogP contribution in [0.4, 0.5) is 5.82 Å². The molecule has 21 heavy (non-hydrogen) atoms. The van der Waals surface area contributed by atoms with Gasteiger partial charge >= 0.3 is 0 Å². The van der Waals surface area contributed by atoms with Gasteiger partial charge in [0.25, 0.3) is 5.91 Å². The quantitative estimate of drug-likeness (QED) is 0.782. The van der Waals surface area contributed by atoms with Gasteiger partial charge in [-0.25, -0.2) is 0 Å². The number of nitriles is 1. The number of rotatable bonds is 2. The van der Waals surface area contributed by atoms with Gasteiger partial charge in [0.15, 0.2) is 0 Å². The zero-order valence-corrected chi connectivity index (χ0v) is 11.4. The number of carbonyl (C=O) groups is 1. The van der Waals surface area contributed by atoms with Crippen molar-refractivity contribution in [3.05, 3.63) is 59.8 Å². The maximum Gasteiger partial charge on any atom is 0.257 e. The summed E-state index contributed by atoms with van der Waals surface area (Å²) in [7, 11) is 1.68. The second-order valence-electron chi connectivity index (χ2n) is 4.62. The molecule has 0 aliphatic rings. The Morgan fingerprint density at radius 1 is 1.24 bits per heavy atom. The number of anilines is 1. The molecular weight excluding hydrogens is 264 g/mol. The van der Waals surface area contributed by atoms with E-state index in [4.69, 9.17) is 5.26 Å². The van der Waals surface area contributed by atoms with Crippen LogP contribution in [0.2, 0.25) is 0 Å². The summed E-state index contributed by atoms with van der Waals surface area (Å²) in [5.41, 5.74) is 0.907. The van der Waals surface area contributed by atoms with Crippen LogP contribution in [0.15, 0.2) is 48.7 Å². The van der Waals surface area contributed by atoms with Crippen LogP contribution in [0.3, 0.4) is 0 Å². The van der Waals surface area contributed by atoms with Crippen LogP contribution >= 0.6 is 0 Å². The van der Waals surface area contributed by atoms with E-state index in [1.165, 1.54) is 10.9 Å². The molecule has 0 fully saturated rings. The molecule has 1 aromatic heterocycles. The molecule has 0 radical (unpaired) electrons. The summed E-state index contributed by atoms with van der Waals surface area (Å²) in [6.07, 6.45) is 1.43. The fourth-order valence-electron chi connectivity index (χ4n) is 2.27. The van der Waals surface area contributed by atoms with Crippen molar-refractivity contribution in [3.8, 4) is 6.07 Å². The van der Waals surface area contributed by atoms with Crippen molar-refractivity contribution in [1.29, 1.82) is 5.26 Å². The number of benzene rings is 2. The second kappa shape index (κ2) is 5.10. The van der Waals surface area contributed by atoms with Crippen molar-refractivity contribution in [2.24, 2.45) is 7.05 Å². The first-order chi connectivity index (χ1) is 10.2. The average Bonchev–Trinajstić information content (AvgIpc) is 2.87. The highest BCUT2D eigenvalue weighted by Gasteiger charge is 2.14. The molecule has 0 spiro atoms. The summed E-state index contributed by atoms with van der Waals surface area (Å²) >= 11 is 0. The van der Waals surface area contributed by atoms with E-state index < -0.39 is 0 Å². The molecule has 5 heteroatoms. The Kier molecular flexibility index (Phi) is 3.13. The van der Waals surface area contributed by atoms with Gasteiger partial charge in [0.2, 0.25) is 0 Å². The number of aryl methyl sites for hydroxylation is 1. The molecule has 0 saturated carbocycles. The third-order valence-electron chi connectivity index (χ3n) is 3.33. The molecule has 5 nitrogen and oxygen atoms in total. The standard InChI is InChI=1S/C16H12N4O/c1-20-15(12(9-17)10-18-20)19-16(21)14-8-4-6-11-5-2-3-7-13(11)14/h2-8,10H,1H3,(H,19,21). The Hall–Kier alpha value is -3.13. The lowest BCUT2D eigenvalue weighted by molar-refractivity contribution is 0.102. The lowest BCUT2D eigenvalue weighted by atomic mass is 10.0. The number of aromatic nitrogens is 2. The number of nitrogens with zero attached hydrogens (tertiary/aromatic N) is 3. The Morgan fingerprint density at radius 2 is 2.00 bits per heavy atom. The predicted octanol–water partition coefficient (Wildman–Crippen LogP) is 2.70. The van der Waals surface area contributed by atoms with Gasteiger partial charge in [-0.15, -0.1) is 0 Å². The molecule has 1 amide bonds. The number of fused-ring (bicyclic) bond motifs is 1. The fraction of sp³-hybridized carbons (Fsp3) is 0.0625. The summed E-state index contributed by atoms with van der Waals surface area (Å²) in [4.78, 5) is 12.5. The third-order valence-corrected chi connectivity index (χ3v) is 3.33. The van der Waals surface area contributed by atoms with Gasteiger partial charge in [0, 0.05) is 12.6 Å². The summed E-state index contributed by atoms with van der Waals surface area (Å²) in [5, 5.41) is 17.6. The molecule has 1 N–H and O–H groups in total. The zero-order chi connectivity index (χ0) is 14.8. The highest BCUT2D eigenvalue weighted by Crippen LogP contribution is 2.20. The van der Waals surface area contributed by atoms with E-state index in [0.29, 0.717) is 16.9 Å². The number of amides is 1. The largest absolute Gasteiger partial charge is 0.306 e. The Balaban J connectivity index is 2.02. The number of carbonyl (C=O) groups excluding carboxylic acids is 1. The smallest absolute Gasteiger partial charge is 0.257 e. The highest BCUT2D eigenvalue weighted by atomic mass is 16.1. The van der Waals surface area contributed by atoms with Crippen LogP contribution in [0.5, 0.6) is 0 Å². The van der Waals surface area contributed by atoms with Crippen LogP contribution in [0.1, 0.15) is 15.9 Å². The van der Waals surface area contributed by atoms with Gasteiger partial charge in [-0.1, -0.05) is 36.4 Å². The van der Waals surface area contributed by atoms with E-state index in [-0.39, 0.29) is 5.91 Å². The van der Waals surface area contributed by atoms with E-state index in [1.54, 1.807) is 13.1 Å². The minimum absolute atomic E-state index is 0.257. The van der Waals surface area contributed by atoms with Crippen molar-refractivity contribution in [2.45, 2.75) is 0 Å². The minimum Gasteiger partial charge on any atom is -0.306 e. The Bertz CT molecular complexity index is 868. The fourth-order valence-corrected chi connectivity index (χ4v) is 2.27. The monoisotopic (exact) mass is 276 g/mol. The second-order valence-corrected chi connectivity index (χ2v) is 4.62. The maximum absolute atomic E-state index is 12.5. The molecule has 0 atom stereocenters. The van der Waals surface area contributed by atoms with E-state index in [0.717, 1.165) is 10.8 Å². The molecule has 3 aromatic rings. The molecule has 2 aromatic carbocycles. The van der Waals surface area contributed by atoms with E-state index in [9.17, 15) is 4.79 Å². The third kappa shape index (κ3) is 2.23. The number of hydrogen-bond donors (Lipinski definition) is 1. The van der Waals surface area contributed by atoms with E-state index in [2.05, 4.69) is 10.4 Å². The van der Waals surface area contributed by atoms with Gasteiger partial charge in [-0.3, -0.25) is 9.48 Å². The molecule has 1 heterocycles. The van der Waals surface area contributed by atoms with Gasteiger partial charge in [-0.2, -0.15) is 10.4 Å². The molecule has 0 unspecified atom stereocenters. The van der Waals surface area contributed by atoms with Gasteiger partial charge in [0.1, 0.15) is 17.5 Å². The normalized spacial score (nSPS) is 10.3. The number of hydrogen-bond acceptors (Lipinski definition) is 3. The number of nitrogens with one attached hydrogen (secondary N) is 1. The average molecular weight is 276 g/mol. The van der Waals surface area contributed by atoms with Crippen LogP contribution in [-0.2, 0) is 7.05 Å². The minimum atomic E-state index is -0.257. The van der Waals surface area contributed by atoms with E-state index >= 15 is 0 Å². The first-order valence-electron chi connectivity index (χ1n) is 6.42. The lowest BCUT2D eigenvalue weighted by Crippen LogP contribution is -2.15. The van der Waals surface area contributed by atoms with Crippen LogP contribution in [0.25, 0.3) is 10.8 Å². The summed E-state index contributed by atoms with van der Waals surface area (Å²) in [6.45, 7) is 0. The molecule has 0 aliphatic carbocycles. The van der Waals surface area contributed by atoms with Crippen LogP contribution in [0, 0.1) is 11.3 Å². The van der Waals surface area contributed by atoms with Crippen LogP contribution < -0.4 is 5.32 Å². The molecule has 102 valence electrons. The SMILES string of the molecule is Cn1ncc(C#N)c1NC(=O)c1cccc2ccccc12. The predicted molar refractivity (Wildman–Crippen MR) is 79.8 cm³/mol. The molecule has 3 rings (SSSR count). The van der Waals surface area contributed by atoms with E-state index in [1.807, 2.05) is 42.5 Å². The lowest BCUT2D eigenvalue weighted by Gasteiger charge is -2.08. The molecule has 0 bridgehead atoms. The van der Waals surface area contributed by atoms with Crippen molar-refractivity contribution in [2.75, 3.05) is 5.32 Å². The zero-order valence-electron chi connectivity index (χ0n) is 11.4. The van der Waals surface area contributed by atoms with Crippen molar-refractivity contribution in [3.63, 3.8) is 0 Å². The van der Waals surface area contributed by atoms with Gasteiger partial charge < -0.3 is 5.32 Å². The summed E-state index contributed by atoms with van der Waals surface area (Å²) < 4.78 is 1.47. The van der Waals surface area contributed by atoms with Crippen molar-refractivity contribution in [1.82, 2.24) is 9.78 Å². The topological polar surface area (TPSA) is 70.7 Å². The Labute approximate surface area is 121 Å².